The van der Waals surface area contributed by atoms with Gasteiger partial charge in [0.25, 0.3) is 5.56 Å². The van der Waals surface area contributed by atoms with E-state index in [4.69, 9.17) is 4.74 Å². The van der Waals surface area contributed by atoms with Crippen LogP contribution < -0.4 is 5.56 Å². The van der Waals surface area contributed by atoms with Crippen molar-refractivity contribution in [3.63, 3.8) is 0 Å². The Kier molecular flexibility index (Phi) is 8.08. The van der Waals surface area contributed by atoms with Gasteiger partial charge in [0.15, 0.2) is 5.78 Å². The molecule has 4 aromatic rings. The maximum Gasteiger partial charge on any atom is 0.255 e. The summed E-state index contributed by atoms with van der Waals surface area (Å²) in [5, 5.41) is 0. The van der Waals surface area contributed by atoms with Crippen molar-refractivity contribution in [2.24, 2.45) is 0 Å². The van der Waals surface area contributed by atoms with Gasteiger partial charge in [0.2, 0.25) is 0 Å². The number of aromatic nitrogens is 3. The van der Waals surface area contributed by atoms with Crippen molar-refractivity contribution in [3.05, 3.63) is 98.6 Å². The number of ketones is 1. The van der Waals surface area contributed by atoms with Crippen LogP contribution in [0.25, 0.3) is 11.4 Å². The molecule has 0 bridgehead atoms. The Bertz CT molecular complexity index is 1410. The third-order valence-corrected chi connectivity index (χ3v) is 7.72. The van der Waals surface area contributed by atoms with Crippen molar-refractivity contribution in [2.45, 2.75) is 45.6 Å². The summed E-state index contributed by atoms with van der Waals surface area (Å²) in [4.78, 5) is 33.8. The largest absolute Gasteiger partial charge is 0.361 e. The molecule has 3 aromatic heterocycles. The summed E-state index contributed by atoms with van der Waals surface area (Å²) in [6, 6.07) is 15.0. The zero-order valence-electron chi connectivity index (χ0n) is 21.1. The molecule has 4 heterocycles. The van der Waals surface area contributed by atoms with Crippen molar-refractivity contribution in [3.8, 4) is 11.4 Å². The Balaban J connectivity index is 1.34. The molecule has 0 saturated carbocycles. The van der Waals surface area contributed by atoms with E-state index in [0.717, 1.165) is 45.5 Å². The first-order valence-electron chi connectivity index (χ1n) is 12.8. The molecule has 0 N–H and O–H groups in total. The molecule has 1 saturated heterocycles. The van der Waals surface area contributed by atoms with Crippen LogP contribution in [0.5, 0.6) is 0 Å². The summed E-state index contributed by atoms with van der Waals surface area (Å²) >= 11 is 1.54. The maximum absolute atomic E-state index is 12.5. The van der Waals surface area contributed by atoms with Crippen LogP contribution in [-0.2, 0) is 17.8 Å². The van der Waals surface area contributed by atoms with Crippen LogP contribution in [0.15, 0.2) is 72.0 Å². The number of hydrogen-bond acceptors (Lipinski definition) is 6. The lowest BCUT2D eigenvalue weighted by molar-refractivity contribution is 0.00974. The number of hydrogen-bond donors (Lipinski definition) is 0. The number of thiophene rings is 1. The van der Waals surface area contributed by atoms with Crippen molar-refractivity contribution in [1.82, 2.24) is 19.0 Å². The molecule has 0 unspecified atom stereocenters. The van der Waals surface area contributed by atoms with E-state index in [9.17, 15) is 9.59 Å². The van der Waals surface area contributed by atoms with Crippen LogP contribution in [0.2, 0.25) is 0 Å². The highest BCUT2D eigenvalue weighted by Gasteiger charge is 2.14. The number of benzene rings is 1. The summed E-state index contributed by atoms with van der Waals surface area (Å²) in [5.41, 5.74) is 3.50. The molecule has 0 aliphatic carbocycles. The minimum atomic E-state index is -0.0778. The molecular formula is C29H32N4O3S. The molecule has 37 heavy (non-hydrogen) atoms. The average molecular weight is 517 g/mol. The molecule has 7 nitrogen and oxygen atoms in total. The normalized spacial score (nSPS) is 14.2. The highest BCUT2D eigenvalue weighted by molar-refractivity contribution is 7.14. The van der Waals surface area contributed by atoms with Crippen molar-refractivity contribution >= 4 is 17.1 Å². The monoisotopic (exact) mass is 516 g/mol. The van der Waals surface area contributed by atoms with Crippen molar-refractivity contribution < 1.29 is 9.53 Å². The predicted molar refractivity (Wildman–Crippen MR) is 146 cm³/mol. The Morgan fingerprint density at radius 2 is 1.95 bits per heavy atom. The Hall–Kier alpha value is -3.33. The first-order valence-corrected chi connectivity index (χ1v) is 13.6. The summed E-state index contributed by atoms with van der Waals surface area (Å²) in [5.74, 6) is 0.150. The maximum atomic E-state index is 12.5. The first kappa shape index (κ1) is 25.3. The molecule has 8 heteroatoms. The van der Waals surface area contributed by atoms with Gasteiger partial charge in [-0.3, -0.25) is 19.1 Å². The number of nitrogens with zero attached hydrogens (tertiary/aromatic N) is 4. The Labute approximate surface area is 221 Å². The van der Waals surface area contributed by atoms with Gasteiger partial charge < -0.3 is 9.30 Å². The number of Topliss-reactive ketones (excluding diaryl/α,β-unsaturated/α-hetero) is 1. The van der Waals surface area contributed by atoms with Crippen LogP contribution in [0, 0.1) is 6.92 Å². The zero-order valence-corrected chi connectivity index (χ0v) is 22.0. The number of carbonyl (C=O) groups is 1. The van der Waals surface area contributed by atoms with Gasteiger partial charge in [-0.15, -0.1) is 11.3 Å². The van der Waals surface area contributed by atoms with E-state index in [1.807, 2.05) is 54.1 Å². The number of carbonyl (C=O) groups excluding carboxylic acids is 1. The van der Waals surface area contributed by atoms with Crippen molar-refractivity contribution in [2.75, 3.05) is 19.8 Å². The van der Waals surface area contributed by atoms with Gasteiger partial charge in [0.05, 0.1) is 35.9 Å². The zero-order chi connectivity index (χ0) is 25.6. The molecule has 1 aliphatic heterocycles. The van der Waals surface area contributed by atoms with Gasteiger partial charge >= 0.3 is 0 Å². The van der Waals surface area contributed by atoms with Crippen LogP contribution in [0.1, 0.15) is 51.5 Å². The van der Waals surface area contributed by atoms with E-state index in [1.165, 1.54) is 30.6 Å². The van der Waals surface area contributed by atoms with Gasteiger partial charge in [0, 0.05) is 54.1 Å². The smallest absolute Gasteiger partial charge is 0.255 e. The minimum absolute atomic E-state index is 0.0778. The quantitative estimate of drug-likeness (QED) is 0.272. The molecule has 1 fully saturated rings. The minimum Gasteiger partial charge on any atom is -0.361 e. The number of rotatable bonds is 10. The van der Waals surface area contributed by atoms with Crippen LogP contribution >= 0.6 is 11.3 Å². The van der Waals surface area contributed by atoms with E-state index in [2.05, 4.69) is 9.88 Å². The molecule has 1 aliphatic rings. The van der Waals surface area contributed by atoms with Crippen LogP contribution in [0.3, 0.4) is 0 Å². The van der Waals surface area contributed by atoms with Gasteiger partial charge in [-0.05, 0) is 62.6 Å². The third-order valence-electron chi connectivity index (χ3n) is 6.68. The lowest BCUT2D eigenvalue weighted by Crippen LogP contribution is -2.31. The van der Waals surface area contributed by atoms with Crippen LogP contribution in [-0.4, -0.2) is 44.6 Å². The molecule has 0 amide bonds. The summed E-state index contributed by atoms with van der Waals surface area (Å²) in [7, 11) is 0. The molecule has 0 spiro atoms. The summed E-state index contributed by atoms with van der Waals surface area (Å²) in [6.45, 7) is 5.16. The lowest BCUT2D eigenvalue weighted by atomic mass is 10.1. The molecule has 0 atom stereocenters. The predicted octanol–water partition coefficient (Wildman–Crippen LogP) is 5.17. The first-order chi connectivity index (χ1) is 18.1. The number of pyridine rings is 1. The second-order valence-corrected chi connectivity index (χ2v) is 10.8. The molecule has 192 valence electrons. The van der Waals surface area contributed by atoms with Gasteiger partial charge in [-0.25, -0.2) is 4.98 Å². The van der Waals surface area contributed by atoms with E-state index in [-0.39, 0.29) is 11.3 Å². The van der Waals surface area contributed by atoms with Crippen molar-refractivity contribution in [1.29, 1.82) is 0 Å². The fourth-order valence-electron chi connectivity index (χ4n) is 4.68. The van der Waals surface area contributed by atoms with E-state index in [1.54, 1.807) is 29.2 Å². The Morgan fingerprint density at radius 3 is 2.73 bits per heavy atom. The SMILES string of the molecule is Cc1ccc(C(=O)CCc2cn(-c3ccc(-n4ccccc4=O)cc3COCN3CCCCC3)cn2)s1. The fourth-order valence-corrected chi connectivity index (χ4v) is 5.51. The molecule has 5 rings (SSSR count). The molecule has 1 aromatic carbocycles. The molecular weight excluding hydrogens is 484 g/mol. The number of ether oxygens (including phenoxy) is 1. The van der Waals surface area contributed by atoms with Crippen LogP contribution in [0.4, 0.5) is 0 Å². The fraction of sp³-hybridized carbons (Fsp3) is 0.345. The number of likely N-dealkylation sites (tertiary alicyclic amines) is 1. The Morgan fingerprint density at radius 1 is 1.08 bits per heavy atom. The number of aryl methyl sites for hydroxylation is 2. The number of imidazole rings is 1. The van der Waals surface area contributed by atoms with Gasteiger partial charge in [-0.2, -0.15) is 0 Å². The third kappa shape index (κ3) is 6.33. The van der Waals surface area contributed by atoms with Gasteiger partial charge in [0.1, 0.15) is 0 Å². The standard InChI is InChI=1S/C29H32N4O3S/c1-22-8-13-28(37-22)27(34)12-9-24-18-32(20-30-24)26-11-10-25(33-16-6-3-7-29(33)35)17-23(26)19-36-21-31-14-4-2-5-15-31/h3,6-8,10-11,13,16-18,20H,2,4-5,9,12,14-15,19,21H2,1H3. The molecule has 0 radical (unpaired) electrons. The topological polar surface area (TPSA) is 69.4 Å². The summed E-state index contributed by atoms with van der Waals surface area (Å²) < 4.78 is 9.75. The van der Waals surface area contributed by atoms with Gasteiger partial charge in [-0.1, -0.05) is 12.5 Å². The lowest BCUT2D eigenvalue weighted by Gasteiger charge is -2.26. The highest BCUT2D eigenvalue weighted by atomic mass is 32.1. The number of piperidine rings is 1. The van der Waals surface area contributed by atoms with E-state index >= 15 is 0 Å². The van der Waals surface area contributed by atoms with E-state index in [0.29, 0.717) is 26.2 Å². The second-order valence-electron chi connectivity index (χ2n) is 9.48. The average Bonchev–Trinajstić information content (AvgIpc) is 3.57. The highest BCUT2D eigenvalue weighted by Crippen LogP contribution is 2.22. The summed E-state index contributed by atoms with van der Waals surface area (Å²) in [6.07, 6.45) is 10.3. The second kappa shape index (κ2) is 11.8. The van der Waals surface area contributed by atoms with E-state index < -0.39 is 0 Å².